The van der Waals surface area contributed by atoms with Crippen LogP contribution in [-0.4, -0.2) is 25.2 Å². The molecule has 2 heterocycles. The summed E-state index contributed by atoms with van der Waals surface area (Å²) in [5.74, 6) is -0.373. The number of hydrogen-bond acceptors (Lipinski definition) is 4. The van der Waals surface area contributed by atoms with Crippen molar-refractivity contribution in [2.75, 3.05) is 5.32 Å². The Kier molecular flexibility index (Phi) is 4.43. The van der Waals surface area contributed by atoms with Crippen LogP contribution in [0.2, 0.25) is 5.02 Å². The lowest BCUT2D eigenvalue weighted by molar-refractivity contribution is -0.116. The van der Waals surface area contributed by atoms with Crippen molar-refractivity contribution in [1.82, 2.24) is 19.3 Å². The molecule has 7 nitrogen and oxygen atoms in total. The van der Waals surface area contributed by atoms with E-state index in [4.69, 9.17) is 11.6 Å². The molecule has 0 bridgehead atoms. The van der Waals surface area contributed by atoms with Gasteiger partial charge in [0, 0.05) is 0 Å². The molecule has 4 aromatic rings. The van der Waals surface area contributed by atoms with Gasteiger partial charge >= 0.3 is 0 Å². The van der Waals surface area contributed by atoms with Gasteiger partial charge in [-0.15, -0.1) is 0 Å². The van der Waals surface area contributed by atoms with Crippen LogP contribution < -0.4 is 10.9 Å². The minimum Gasteiger partial charge on any atom is -0.323 e. The van der Waals surface area contributed by atoms with Crippen molar-refractivity contribution in [2.45, 2.75) is 6.54 Å². The summed E-state index contributed by atoms with van der Waals surface area (Å²) in [5.41, 5.74) is 1.39. The molecule has 0 fully saturated rings. The number of aromatic nitrogens is 4. The fourth-order valence-corrected chi connectivity index (χ4v) is 2.91. The number of carbonyl (C=O) groups excluding carboxylic acids is 1. The summed E-state index contributed by atoms with van der Waals surface area (Å²) in [5, 5.41) is 7.70. The van der Waals surface area contributed by atoms with Crippen LogP contribution in [0, 0.1) is 0 Å². The minimum atomic E-state index is -0.373. The molecule has 134 valence electrons. The highest BCUT2D eigenvalue weighted by Crippen LogP contribution is 2.20. The number of anilines is 1. The van der Waals surface area contributed by atoms with Crippen LogP contribution in [0.15, 0.2) is 71.9 Å². The van der Waals surface area contributed by atoms with E-state index in [-0.39, 0.29) is 18.0 Å². The lowest BCUT2D eigenvalue weighted by Gasteiger charge is -2.08. The second-order valence-electron chi connectivity index (χ2n) is 5.83. The average Bonchev–Trinajstić information content (AvgIpc) is 3.11. The normalized spacial score (nSPS) is 10.9. The van der Waals surface area contributed by atoms with E-state index in [1.807, 2.05) is 30.3 Å². The van der Waals surface area contributed by atoms with E-state index in [1.165, 1.54) is 17.1 Å². The molecule has 0 aliphatic rings. The second kappa shape index (κ2) is 7.05. The van der Waals surface area contributed by atoms with Crippen molar-refractivity contribution in [3.05, 3.63) is 82.5 Å². The molecule has 8 heteroatoms. The number of fused-ring (bicyclic) bond motifs is 1. The van der Waals surface area contributed by atoms with Gasteiger partial charge < -0.3 is 5.32 Å². The van der Waals surface area contributed by atoms with Gasteiger partial charge in [-0.2, -0.15) is 5.10 Å². The van der Waals surface area contributed by atoms with Crippen LogP contribution in [0.25, 0.3) is 16.7 Å². The maximum atomic E-state index is 12.7. The molecular weight excluding hydrogens is 366 g/mol. The van der Waals surface area contributed by atoms with Crippen LogP contribution >= 0.6 is 11.6 Å². The van der Waals surface area contributed by atoms with Crippen molar-refractivity contribution in [3.8, 4) is 5.69 Å². The highest BCUT2D eigenvalue weighted by Gasteiger charge is 2.13. The third kappa shape index (κ3) is 3.32. The highest BCUT2D eigenvalue weighted by atomic mass is 35.5. The third-order valence-corrected chi connectivity index (χ3v) is 4.35. The van der Waals surface area contributed by atoms with Gasteiger partial charge in [0.25, 0.3) is 5.56 Å². The van der Waals surface area contributed by atoms with E-state index >= 15 is 0 Å². The van der Waals surface area contributed by atoms with Gasteiger partial charge in [-0.1, -0.05) is 41.9 Å². The van der Waals surface area contributed by atoms with Gasteiger partial charge in [0.05, 0.1) is 22.6 Å². The van der Waals surface area contributed by atoms with Crippen molar-refractivity contribution in [2.24, 2.45) is 0 Å². The first-order valence-corrected chi connectivity index (χ1v) is 8.54. The van der Waals surface area contributed by atoms with Gasteiger partial charge in [-0.25, -0.2) is 9.67 Å². The summed E-state index contributed by atoms with van der Waals surface area (Å²) >= 11 is 6.04. The summed E-state index contributed by atoms with van der Waals surface area (Å²) in [7, 11) is 0. The molecule has 2 aromatic heterocycles. The molecule has 0 saturated heterocycles. The number of nitrogens with one attached hydrogen (secondary N) is 1. The topological polar surface area (TPSA) is 81.8 Å². The van der Waals surface area contributed by atoms with Crippen molar-refractivity contribution in [3.63, 3.8) is 0 Å². The molecule has 0 spiro atoms. The monoisotopic (exact) mass is 379 g/mol. The van der Waals surface area contributed by atoms with Crippen molar-refractivity contribution < 1.29 is 4.79 Å². The number of nitrogens with zero attached hydrogens (tertiary/aromatic N) is 4. The Morgan fingerprint density at radius 3 is 2.59 bits per heavy atom. The Bertz CT molecular complexity index is 1180. The number of carbonyl (C=O) groups is 1. The molecule has 4 rings (SSSR count). The number of amides is 1. The van der Waals surface area contributed by atoms with Gasteiger partial charge in [-0.05, 0) is 24.3 Å². The van der Waals surface area contributed by atoms with Crippen LogP contribution in [0.3, 0.4) is 0 Å². The second-order valence-corrected chi connectivity index (χ2v) is 6.24. The molecule has 1 amide bonds. The highest BCUT2D eigenvalue weighted by molar-refractivity contribution is 6.33. The van der Waals surface area contributed by atoms with Crippen LogP contribution in [-0.2, 0) is 11.3 Å². The van der Waals surface area contributed by atoms with Gasteiger partial charge in [-0.3, -0.25) is 14.2 Å². The molecule has 0 unspecified atom stereocenters. The molecular formula is C19H14ClN5O2. The third-order valence-electron chi connectivity index (χ3n) is 4.02. The first-order valence-electron chi connectivity index (χ1n) is 8.16. The number of rotatable bonds is 4. The number of halogens is 1. The number of benzene rings is 2. The van der Waals surface area contributed by atoms with E-state index in [0.29, 0.717) is 21.7 Å². The fourth-order valence-electron chi connectivity index (χ4n) is 2.73. The van der Waals surface area contributed by atoms with E-state index < -0.39 is 0 Å². The zero-order valence-electron chi connectivity index (χ0n) is 14.0. The van der Waals surface area contributed by atoms with Crippen molar-refractivity contribution >= 4 is 34.2 Å². The van der Waals surface area contributed by atoms with Gasteiger partial charge in [0.1, 0.15) is 18.3 Å². The molecule has 0 saturated carbocycles. The van der Waals surface area contributed by atoms with Gasteiger partial charge in [0.15, 0.2) is 5.65 Å². The van der Waals surface area contributed by atoms with E-state index in [1.54, 1.807) is 28.9 Å². The fraction of sp³-hybridized carbons (Fsp3) is 0.0526. The standard InChI is InChI=1S/C19H14ClN5O2/c20-15-8-4-5-9-16(15)23-17(26)11-24-12-21-18-14(19(24)27)10-22-25(18)13-6-2-1-3-7-13/h1-10,12H,11H2,(H,23,26). The number of para-hydroxylation sites is 2. The Balaban J connectivity index is 1.62. The predicted molar refractivity (Wildman–Crippen MR) is 103 cm³/mol. The maximum absolute atomic E-state index is 12.7. The van der Waals surface area contributed by atoms with Gasteiger partial charge in [0.2, 0.25) is 5.91 Å². The summed E-state index contributed by atoms with van der Waals surface area (Å²) in [4.78, 5) is 29.3. The SMILES string of the molecule is O=C(Cn1cnc2c(cnn2-c2ccccc2)c1=O)Nc1ccccc1Cl. The average molecular weight is 380 g/mol. The first-order chi connectivity index (χ1) is 13.1. The molecule has 2 aromatic carbocycles. The Morgan fingerprint density at radius 1 is 1.07 bits per heavy atom. The molecule has 0 aliphatic heterocycles. The van der Waals surface area contributed by atoms with E-state index in [9.17, 15) is 9.59 Å². The quantitative estimate of drug-likeness (QED) is 0.591. The maximum Gasteiger partial charge on any atom is 0.264 e. The summed E-state index contributed by atoms with van der Waals surface area (Å²) < 4.78 is 2.83. The van der Waals surface area contributed by atoms with Crippen LogP contribution in [0.5, 0.6) is 0 Å². The van der Waals surface area contributed by atoms with Crippen LogP contribution in [0.1, 0.15) is 0 Å². The molecule has 27 heavy (non-hydrogen) atoms. The zero-order valence-corrected chi connectivity index (χ0v) is 14.8. The lowest BCUT2D eigenvalue weighted by Crippen LogP contribution is -2.27. The predicted octanol–water partition coefficient (Wildman–Crippen LogP) is 2.87. The Morgan fingerprint density at radius 2 is 1.81 bits per heavy atom. The number of hydrogen-bond donors (Lipinski definition) is 1. The van der Waals surface area contributed by atoms with Crippen LogP contribution in [0.4, 0.5) is 5.69 Å². The summed E-state index contributed by atoms with van der Waals surface area (Å²) in [6, 6.07) is 16.3. The van der Waals surface area contributed by atoms with E-state index in [2.05, 4.69) is 15.4 Å². The first kappa shape index (κ1) is 17.0. The molecule has 0 radical (unpaired) electrons. The lowest BCUT2D eigenvalue weighted by atomic mass is 10.3. The summed E-state index contributed by atoms with van der Waals surface area (Å²) in [6.45, 7) is -0.177. The molecule has 1 N–H and O–H groups in total. The Hall–Kier alpha value is -3.45. The summed E-state index contributed by atoms with van der Waals surface area (Å²) in [6.07, 6.45) is 2.80. The smallest absolute Gasteiger partial charge is 0.264 e. The molecule has 0 aliphatic carbocycles. The van der Waals surface area contributed by atoms with E-state index in [0.717, 1.165) is 5.69 Å². The Labute approximate surface area is 158 Å². The van der Waals surface area contributed by atoms with Crippen molar-refractivity contribution in [1.29, 1.82) is 0 Å². The largest absolute Gasteiger partial charge is 0.323 e. The minimum absolute atomic E-state index is 0.177. The zero-order chi connectivity index (χ0) is 18.8. The molecule has 0 atom stereocenters.